The van der Waals surface area contributed by atoms with Gasteiger partial charge in [-0.05, 0) is 44.0 Å². The SMILES string of the molecule is CN(Cc1ccco1)C1CCCC/C1=C/c1ccccc1. The summed E-state index contributed by atoms with van der Waals surface area (Å²) in [4.78, 5) is 2.42. The van der Waals surface area contributed by atoms with Crippen LogP contribution in [0.25, 0.3) is 6.08 Å². The topological polar surface area (TPSA) is 16.4 Å². The van der Waals surface area contributed by atoms with Crippen LogP contribution in [-0.4, -0.2) is 18.0 Å². The highest BCUT2D eigenvalue weighted by molar-refractivity contribution is 5.54. The third-order valence-electron chi connectivity index (χ3n) is 4.29. The molecule has 1 aromatic heterocycles. The third kappa shape index (κ3) is 3.64. The van der Waals surface area contributed by atoms with Crippen LogP contribution in [0.2, 0.25) is 0 Å². The summed E-state index contributed by atoms with van der Waals surface area (Å²) >= 11 is 0. The van der Waals surface area contributed by atoms with Crippen molar-refractivity contribution in [1.29, 1.82) is 0 Å². The quantitative estimate of drug-likeness (QED) is 0.805. The first kappa shape index (κ1) is 14.2. The standard InChI is InChI=1S/C19H23NO/c1-20(15-18-11-7-13-21-18)19-12-6-5-10-17(19)14-16-8-3-2-4-9-16/h2-4,7-9,11,13-14,19H,5-6,10,12,15H2,1H3/b17-14-. The molecule has 0 bridgehead atoms. The Balaban J connectivity index is 1.76. The van der Waals surface area contributed by atoms with Crippen molar-refractivity contribution in [2.24, 2.45) is 0 Å². The summed E-state index contributed by atoms with van der Waals surface area (Å²) in [6.45, 7) is 0.879. The van der Waals surface area contributed by atoms with Gasteiger partial charge in [0.2, 0.25) is 0 Å². The number of nitrogens with zero attached hydrogens (tertiary/aromatic N) is 1. The average molecular weight is 281 g/mol. The molecule has 0 amide bonds. The van der Waals surface area contributed by atoms with Gasteiger partial charge in [0.05, 0.1) is 12.8 Å². The molecule has 1 aromatic carbocycles. The number of benzene rings is 1. The summed E-state index contributed by atoms with van der Waals surface area (Å²) in [6, 6.07) is 15.2. The molecule has 1 heterocycles. The van der Waals surface area contributed by atoms with E-state index in [1.54, 1.807) is 11.8 Å². The minimum Gasteiger partial charge on any atom is -0.468 e. The van der Waals surface area contributed by atoms with Crippen molar-refractivity contribution in [3.8, 4) is 0 Å². The first-order chi connectivity index (χ1) is 10.3. The van der Waals surface area contributed by atoms with Crippen molar-refractivity contribution in [2.75, 3.05) is 7.05 Å². The van der Waals surface area contributed by atoms with Gasteiger partial charge in [0.1, 0.15) is 5.76 Å². The van der Waals surface area contributed by atoms with Gasteiger partial charge in [-0.15, -0.1) is 0 Å². The largest absolute Gasteiger partial charge is 0.468 e. The van der Waals surface area contributed by atoms with Crippen LogP contribution in [0.4, 0.5) is 0 Å². The first-order valence-corrected chi connectivity index (χ1v) is 7.81. The molecular weight excluding hydrogens is 258 g/mol. The number of hydrogen-bond acceptors (Lipinski definition) is 2. The number of rotatable bonds is 4. The lowest BCUT2D eigenvalue weighted by Crippen LogP contribution is -2.34. The molecule has 21 heavy (non-hydrogen) atoms. The van der Waals surface area contributed by atoms with Gasteiger partial charge in [0.25, 0.3) is 0 Å². The monoisotopic (exact) mass is 281 g/mol. The van der Waals surface area contributed by atoms with Crippen molar-refractivity contribution in [3.63, 3.8) is 0 Å². The highest BCUT2D eigenvalue weighted by Crippen LogP contribution is 2.29. The van der Waals surface area contributed by atoms with E-state index in [-0.39, 0.29) is 0 Å². The maximum Gasteiger partial charge on any atom is 0.117 e. The van der Waals surface area contributed by atoms with Crippen molar-refractivity contribution < 1.29 is 4.42 Å². The molecular formula is C19H23NO. The van der Waals surface area contributed by atoms with E-state index in [2.05, 4.69) is 54.4 Å². The first-order valence-electron chi connectivity index (χ1n) is 7.81. The zero-order valence-corrected chi connectivity index (χ0v) is 12.7. The highest BCUT2D eigenvalue weighted by atomic mass is 16.3. The Hall–Kier alpha value is -1.80. The smallest absolute Gasteiger partial charge is 0.117 e. The van der Waals surface area contributed by atoms with E-state index in [1.165, 1.54) is 31.2 Å². The Morgan fingerprint density at radius 3 is 2.76 bits per heavy atom. The zero-order chi connectivity index (χ0) is 14.5. The van der Waals surface area contributed by atoms with Gasteiger partial charge < -0.3 is 4.42 Å². The average Bonchev–Trinajstić information content (AvgIpc) is 3.02. The molecule has 0 radical (unpaired) electrons. The van der Waals surface area contributed by atoms with E-state index >= 15 is 0 Å². The van der Waals surface area contributed by atoms with Gasteiger partial charge in [-0.1, -0.05) is 48.4 Å². The fraction of sp³-hybridized carbons (Fsp3) is 0.368. The van der Waals surface area contributed by atoms with E-state index in [0.29, 0.717) is 6.04 Å². The molecule has 0 aliphatic heterocycles. The van der Waals surface area contributed by atoms with Gasteiger partial charge in [0, 0.05) is 6.04 Å². The molecule has 0 spiro atoms. The summed E-state index contributed by atoms with van der Waals surface area (Å²) < 4.78 is 5.49. The van der Waals surface area contributed by atoms with Crippen LogP contribution in [0.1, 0.15) is 37.0 Å². The Kier molecular flexibility index (Phi) is 4.56. The molecule has 110 valence electrons. The molecule has 2 nitrogen and oxygen atoms in total. The summed E-state index contributed by atoms with van der Waals surface area (Å²) in [7, 11) is 2.21. The zero-order valence-electron chi connectivity index (χ0n) is 12.7. The summed E-state index contributed by atoms with van der Waals surface area (Å²) in [5, 5.41) is 0. The van der Waals surface area contributed by atoms with Crippen LogP contribution >= 0.6 is 0 Å². The number of hydrogen-bond donors (Lipinski definition) is 0. The predicted molar refractivity (Wildman–Crippen MR) is 86.9 cm³/mol. The molecule has 3 rings (SSSR count). The lowest BCUT2D eigenvalue weighted by Gasteiger charge is -2.33. The molecule has 0 N–H and O–H groups in total. The molecule has 2 heteroatoms. The maximum atomic E-state index is 5.49. The fourth-order valence-electron chi connectivity index (χ4n) is 3.21. The highest BCUT2D eigenvalue weighted by Gasteiger charge is 2.23. The lowest BCUT2D eigenvalue weighted by atomic mass is 9.87. The van der Waals surface area contributed by atoms with E-state index in [9.17, 15) is 0 Å². The summed E-state index contributed by atoms with van der Waals surface area (Å²) in [5.41, 5.74) is 2.87. The van der Waals surface area contributed by atoms with Crippen LogP contribution in [-0.2, 0) is 6.54 Å². The van der Waals surface area contributed by atoms with Gasteiger partial charge in [-0.3, -0.25) is 4.90 Å². The Morgan fingerprint density at radius 1 is 1.14 bits per heavy atom. The van der Waals surface area contributed by atoms with Crippen LogP contribution in [0.5, 0.6) is 0 Å². The molecule has 1 aliphatic rings. The molecule has 2 aromatic rings. The number of furan rings is 1. The molecule has 1 unspecified atom stereocenters. The van der Waals surface area contributed by atoms with Crippen LogP contribution in [0, 0.1) is 0 Å². The van der Waals surface area contributed by atoms with Crippen molar-refractivity contribution in [1.82, 2.24) is 4.90 Å². The van der Waals surface area contributed by atoms with Crippen LogP contribution in [0.15, 0.2) is 58.7 Å². The second-order valence-electron chi connectivity index (χ2n) is 5.89. The van der Waals surface area contributed by atoms with E-state index < -0.39 is 0 Å². The molecule has 1 atom stereocenters. The van der Waals surface area contributed by atoms with Gasteiger partial charge in [-0.25, -0.2) is 0 Å². The molecule has 0 saturated heterocycles. The van der Waals surface area contributed by atoms with Gasteiger partial charge >= 0.3 is 0 Å². The maximum absolute atomic E-state index is 5.49. The Bertz CT molecular complexity index is 571. The molecule has 1 saturated carbocycles. The van der Waals surface area contributed by atoms with Crippen molar-refractivity contribution >= 4 is 6.08 Å². The normalized spacial score (nSPS) is 21.0. The van der Waals surface area contributed by atoms with E-state index in [4.69, 9.17) is 4.42 Å². The van der Waals surface area contributed by atoms with Crippen molar-refractivity contribution in [3.05, 3.63) is 65.6 Å². The van der Waals surface area contributed by atoms with Gasteiger partial charge in [0.15, 0.2) is 0 Å². The fourth-order valence-corrected chi connectivity index (χ4v) is 3.21. The second kappa shape index (κ2) is 6.77. The Labute approximate surface area is 127 Å². The van der Waals surface area contributed by atoms with Crippen LogP contribution in [0.3, 0.4) is 0 Å². The summed E-state index contributed by atoms with van der Waals surface area (Å²) in [5.74, 6) is 1.04. The van der Waals surface area contributed by atoms with E-state index in [1.807, 2.05) is 6.07 Å². The lowest BCUT2D eigenvalue weighted by molar-refractivity contribution is 0.215. The second-order valence-corrected chi connectivity index (χ2v) is 5.89. The minimum atomic E-state index is 0.532. The molecule has 1 fully saturated rings. The Morgan fingerprint density at radius 2 is 2.00 bits per heavy atom. The minimum absolute atomic E-state index is 0.532. The summed E-state index contributed by atoms with van der Waals surface area (Å²) in [6.07, 6.45) is 9.22. The van der Waals surface area contributed by atoms with E-state index in [0.717, 1.165) is 12.3 Å². The number of likely N-dealkylation sites (N-methyl/N-ethyl adjacent to an activating group) is 1. The van der Waals surface area contributed by atoms with Crippen molar-refractivity contribution in [2.45, 2.75) is 38.3 Å². The molecule has 1 aliphatic carbocycles. The predicted octanol–water partition coefficient (Wildman–Crippen LogP) is 4.74. The van der Waals surface area contributed by atoms with Crippen LogP contribution < -0.4 is 0 Å². The third-order valence-corrected chi connectivity index (χ3v) is 4.29. The van der Waals surface area contributed by atoms with Gasteiger partial charge in [-0.2, -0.15) is 0 Å².